The molecule has 0 N–H and O–H groups in total. The molecule has 1 aliphatic rings. The van der Waals surface area contributed by atoms with Gasteiger partial charge in [-0.05, 0) is 5.92 Å². The third kappa shape index (κ3) is 1.34. The van der Waals surface area contributed by atoms with Gasteiger partial charge in [-0.2, -0.15) is 0 Å². The third-order valence-electron chi connectivity index (χ3n) is 1.05. The Balaban J connectivity index is 2.63. The average molecular weight is 130 g/mol. The van der Waals surface area contributed by atoms with E-state index in [1.54, 1.807) is 6.21 Å². The van der Waals surface area contributed by atoms with Gasteiger partial charge in [0.05, 0.1) is 5.03 Å². The van der Waals surface area contributed by atoms with Gasteiger partial charge in [-0.1, -0.05) is 24.6 Å². The van der Waals surface area contributed by atoms with Crippen LogP contribution in [0.3, 0.4) is 0 Å². The Hall–Kier alpha value is -0.300. The van der Waals surface area contributed by atoms with Gasteiger partial charge in [0, 0.05) is 12.8 Å². The van der Waals surface area contributed by atoms with Crippen LogP contribution in [0.2, 0.25) is 0 Å². The lowest BCUT2D eigenvalue weighted by molar-refractivity contribution is 0.735. The Labute approximate surface area is 54.1 Å². The summed E-state index contributed by atoms with van der Waals surface area (Å²) in [7, 11) is 0. The quantitative estimate of drug-likeness (QED) is 0.473. The van der Waals surface area contributed by atoms with Gasteiger partial charge in [0.2, 0.25) is 0 Å². The molecule has 0 amide bonds. The van der Waals surface area contributed by atoms with E-state index in [4.69, 9.17) is 11.6 Å². The lowest BCUT2D eigenvalue weighted by Crippen LogP contribution is -2.00. The van der Waals surface area contributed by atoms with Gasteiger partial charge in [-0.3, -0.25) is 4.99 Å². The van der Waals surface area contributed by atoms with Crippen LogP contribution in [-0.4, -0.2) is 12.8 Å². The Morgan fingerprint density at radius 1 is 1.88 bits per heavy atom. The van der Waals surface area contributed by atoms with Crippen molar-refractivity contribution < 1.29 is 0 Å². The number of hydrogen-bond acceptors (Lipinski definition) is 1. The average Bonchev–Trinajstić information content (AvgIpc) is 1.64. The van der Waals surface area contributed by atoms with Crippen molar-refractivity contribution in [2.75, 3.05) is 6.54 Å². The molecule has 44 valence electrons. The molecule has 0 bridgehead atoms. The van der Waals surface area contributed by atoms with E-state index in [2.05, 4.69) is 11.9 Å². The highest BCUT2D eigenvalue weighted by atomic mass is 35.5. The first-order valence-corrected chi connectivity index (χ1v) is 3.04. The fourth-order valence-corrected chi connectivity index (χ4v) is 0.958. The Morgan fingerprint density at radius 2 is 2.62 bits per heavy atom. The summed E-state index contributed by atoms with van der Waals surface area (Å²) in [5.74, 6) is 0.521. The highest BCUT2D eigenvalue weighted by Gasteiger charge is 2.00. The van der Waals surface area contributed by atoms with Crippen LogP contribution in [-0.2, 0) is 0 Å². The van der Waals surface area contributed by atoms with Crippen LogP contribution in [0.4, 0.5) is 0 Å². The maximum atomic E-state index is 5.62. The van der Waals surface area contributed by atoms with E-state index < -0.39 is 0 Å². The lowest BCUT2D eigenvalue weighted by atomic mass is 10.1. The van der Waals surface area contributed by atoms with E-state index in [-0.39, 0.29) is 0 Å². The fourth-order valence-electron chi connectivity index (χ4n) is 0.674. The number of allylic oxidation sites excluding steroid dienone is 1. The Morgan fingerprint density at radius 3 is 3.00 bits per heavy atom. The van der Waals surface area contributed by atoms with Crippen molar-refractivity contribution in [3.63, 3.8) is 0 Å². The minimum atomic E-state index is 0.521. The highest BCUT2D eigenvalue weighted by Crippen LogP contribution is 2.09. The first-order valence-electron chi connectivity index (χ1n) is 2.66. The summed E-state index contributed by atoms with van der Waals surface area (Å²) in [5.41, 5.74) is 0. The second-order valence-corrected chi connectivity index (χ2v) is 2.46. The van der Waals surface area contributed by atoms with E-state index in [9.17, 15) is 0 Å². The monoisotopic (exact) mass is 129 g/mol. The number of halogens is 1. The zero-order valence-electron chi connectivity index (χ0n) is 4.76. The fraction of sp³-hybridized carbons (Fsp3) is 0.500. The van der Waals surface area contributed by atoms with Crippen LogP contribution in [0.5, 0.6) is 0 Å². The molecule has 1 rings (SSSR count). The zero-order chi connectivity index (χ0) is 5.98. The van der Waals surface area contributed by atoms with E-state index in [0.717, 1.165) is 11.6 Å². The highest BCUT2D eigenvalue weighted by molar-refractivity contribution is 6.39. The molecule has 0 aromatic heterocycles. The molecule has 0 aliphatic carbocycles. The predicted molar refractivity (Wildman–Crippen MR) is 36.5 cm³/mol. The van der Waals surface area contributed by atoms with Crippen LogP contribution in [0.1, 0.15) is 6.92 Å². The standard InChI is InChI=1S/C6H8ClN/c1-5-2-6(7)4-8-3-5/h2,4-5H,3H2,1H3/t5-/m0/s1. The maximum Gasteiger partial charge on any atom is 0.0547 e. The molecule has 1 heterocycles. The molecule has 2 heteroatoms. The van der Waals surface area contributed by atoms with Gasteiger partial charge in [-0.25, -0.2) is 0 Å². The topological polar surface area (TPSA) is 12.4 Å². The number of hydrogen-bond donors (Lipinski definition) is 0. The molecule has 0 radical (unpaired) electrons. The first-order chi connectivity index (χ1) is 3.79. The van der Waals surface area contributed by atoms with E-state index in [0.29, 0.717) is 5.92 Å². The van der Waals surface area contributed by atoms with Gasteiger partial charge in [0.15, 0.2) is 0 Å². The SMILES string of the molecule is C[C@H]1C=C(Cl)C=NC1. The second kappa shape index (κ2) is 2.31. The maximum absolute atomic E-state index is 5.62. The van der Waals surface area contributed by atoms with Crippen LogP contribution >= 0.6 is 11.6 Å². The van der Waals surface area contributed by atoms with Gasteiger partial charge < -0.3 is 0 Å². The number of nitrogens with zero attached hydrogens (tertiary/aromatic N) is 1. The van der Waals surface area contributed by atoms with E-state index in [1.807, 2.05) is 6.08 Å². The summed E-state index contributed by atoms with van der Waals surface area (Å²) < 4.78 is 0. The zero-order valence-corrected chi connectivity index (χ0v) is 5.52. The summed E-state index contributed by atoms with van der Waals surface area (Å²) in [4.78, 5) is 4.01. The van der Waals surface area contributed by atoms with Crippen molar-refractivity contribution >= 4 is 17.8 Å². The normalized spacial score (nSPS) is 27.8. The molecule has 0 saturated heterocycles. The van der Waals surface area contributed by atoms with E-state index in [1.165, 1.54) is 0 Å². The number of dihydropyridines is 1. The summed E-state index contributed by atoms with van der Waals surface area (Å²) >= 11 is 5.62. The van der Waals surface area contributed by atoms with Crippen molar-refractivity contribution in [1.82, 2.24) is 0 Å². The summed E-state index contributed by atoms with van der Waals surface area (Å²) in [6.45, 7) is 2.98. The molecular formula is C6H8ClN. The predicted octanol–water partition coefficient (Wildman–Crippen LogP) is 1.83. The molecular weight excluding hydrogens is 122 g/mol. The third-order valence-corrected chi connectivity index (χ3v) is 1.28. The first kappa shape index (κ1) is 5.83. The molecule has 8 heavy (non-hydrogen) atoms. The summed E-state index contributed by atoms with van der Waals surface area (Å²) in [6, 6.07) is 0. The molecule has 0 unspecified atom stereocenters. The molecule has 1 aliphatic heterocycles. The second-order valence-electron chi connectivity index (χ2n) is 2.02. The van der Waals surface area contributed by atoms with Crippen LogP contribution in [0.25, 0.3) is 0 Å². The minimum absolute atomic E-state index is 0.521. The largest absolute Gasteiger partial charge is 0.291 e. The molecule has 0 aromatic carbocycles. The van der Waals surface area contributed by atoms with Crippen LogP contribution < -0.4 is 0 Å². The van der Waals surface area contributed by atoms with Crippen molar-refractivity contribution in [1.29, 1.82) is 0 Å². The van der Waals surface area contributed by atoms with Crippen molar-refractivity contribution in [3.8, 4) is 0 Å². The Kier molecular flexibility index (Phi) is 1.69. The van der Waals surface area contributed by atoms with E-state index >= 15 is 0 Å². The Bertz CT molecular complexity index is 137. The summed E-state index contributed by atoms with van der Waals surface area (Å²) in [5, 5.41) is 0.767. The minimum Gasteiger partial charge on any atom is -0.291 e. The lowest BCUT2D eigenvalue weighted by Gasteiger charge is -2.05. The number of rotatable bonds is 0. The molecule has 0 aromatic rings. The molecule has 1 atom stereocenters. The van der Waals surface area contributed by atoms with Crippen LogP contribution in [0.15, 0.2) is 16.1 Å². The van der Waals surface area contributed by atoms with Gasteiger partial charge >= 0.3 is 0 Å². The van der Waals surface area contributed by atoms with Crippen molar-refractivity contribution in [2.24, 2.45) is 10.9 Å². The molecule has 0 spiro atoms. The smallest absolute Gasteiger partial charge is 0.0547 e. The van der Waals surface area contributed by atoms with Crippen molar-refractivity contribution in [3.05, 3.63) is 11.1 Å². The summed E-state index contributed by atoms with van der Waals surface area (Å²) in [6.07, 6.45) is 3.70. The van der Waals surface area contributed by atoms with Gasteiger partial charge in [-0.15, -0.1) is 0 Å². The van der Waals surface area contributed by atoms with Crippen molar-refractivity contribution in [2.45, 2.75) is 6.92 Å². The molecule has 1 nitrogen and oxygen atoms in total. The molecule has 0 saturated carbocycles. The van der Waals surface area contributed by atoms with Crippen LogP contribution in [0, 0.1) is 5.92 Å². The van der Waals surface area contributed by atoms with Gasteiger partial charge in [0.1, 0.15) is 0 Å². The van der Waals surface area contributed by atoms with Gasteiger partial charge in [0.25, 0.3) is 0 Å². The molecule has 0 fully saturated rings. The number of aliphatic imine (C=N–C) groups is 1.